The van der Waals surface area contributed by atoms with Crippen LogP contribution in [-0.2, 0) is 20.5 Å². The van der Waals surface area contributed by atoms with E-state index in [1.54, 1.807) is 24.3 Å². The molecule has 8 heteroatoms. The van der Waals surface area contributed by atoms with Crippen molar-refractivity contribution in [2.24, 2.45) is 0 Å². The number of rotatable bonds is 6. The van der Waals surface area contributed by atoms with Crippen molar-refractivity contribution in [1.29, 1.82) is 0 Å². The van der Waals surface area contributed by atoms with Gasteiger partial charge in [0.2, 0.25) is 5.91 Å². The number of allylic oxidation sites excluding steroid dienone is 1. The second kappa shape index (κ2) is 9.02. The third kappa shape index (κ3) is 5.00. The molecule has 0 aromatic heterocycles. The van der Waals surface area contributed by atoms with Crippen molar-refractivity contribution in [2.75, 3.05) is 13.2 Å². The molecule has 1 heterocycles. The highest BCUT2D eigenvalue weighted by Gasteiger charge is 2.40. The minimum Gasteiger partial charge on any atom is -0.490 e. The lowest BCUT2D eigenvalue weighted by atomic mass is 9.82. The molecule has 0 radical (unpaired) electrons. The summed E-state index contributed by atoms with van der Waals surface area (Å²) < 4.78 is 51.1. The Labute approximate surface area is 171 Å². The summed E-state index contributed by atoms with van der Waals surface area (Å²) in [6, 6.07) is 13.8. The molecule has 30 heavy (non-hydrogen) atoms. The Balaban J connectivity index is 1.78. The summed E-state index contributed by atoms with van der Waals surface area (Å²) in [6.45, 7) is 1.46. The van der Waals surface area contributed by atoms with Gasteiger partial charge in [-0.3, -0.25) is 4.79 Å². The number of alkyl halides is 3. The van der Waals surface area contributed by atoms with E-state index in [9.17, 15) is 22.8 Å². The van der Waals surface area contributed by atoms with E-state index in [0.29, 0.717) is 5.75 Å². The van der Waals surface area contributed by atoms with Gasteiger partial charge in [-0.25, -0.2) is 4.79 Å². The van der Waals surface area contributed by atoms with E-state index < -0.39 is 29.5 Å². The number of carbonyl (C=O) groups is 2. The zero-order valence-corrected chi connectivity index (χ0v) is 16.2. The van der Waals surface area contributed by atoms with Crippen LogP contribution in [0.5, 0.6) is 5.75 Å². The van der Waals surface area contributed by atoms with Gasteiger partial charge >= 0.3 is 12.1 Å². The third-order valence-corrected chi connectivity index (χ3v) is 4.66. The molecule has 3 rings (SSSR count). The van der Waals surface area contributed by atoms with Crippen molar-refractivity contribution < 1.29 is 32.2 Å². The van der Waals surface area contributed by atoms with Crippen molar-refractivity contribution in [3.63, 3.8) is 0 Å². The molecule has 0 unspecified atom stereocenters. The van der Waals surface area contributed by atoms with Gasteiger partial charge in [-0.1, -0.05) is 36.4 Å². The van der Waals surface area contributed by atoms with Crippen LogP contribution in [0.1, 0.15) is 30.4 Å². The average molecular weight is 419 g/mol. The maximum absolute atomic E-state index is 13.5. The van der Waals surface area contributed by atoms with E-state index in [4.69, 9.17) is 9.47 Å². The molecule has 2 aromatic carbocycles. The number of hydrogen-bond acceptors (Lipinski definition) is 4. The highest BCUT2D eigenvalue weighted by molar-refractivity contribution is 5.96. The number of amides is 1. The van der Waals surface area contributed by atoms with Crippen molar-refractivity contribution in [3.8, 4) is 5.75 Å². The van der Waals surface area contributed by atoms with Gasteiger partial charge in [-0.2, -0.15) is 13.2 Å². The van der Waals surface area contributed by atoms with E-state index in [1.807, 2.05) is 6.07 Å². The molecule has 1 amide bonds. The number of halogens is 3. The summed E-state index contributed by atoms with van der Waals surface area (Å²) >= 11 is 0. The largest absolute Gasteiger partial charge is 0.490 e. The van der Waals surface area contributed by atoms with Crippen LogP contribution in [0.25, 0.3) is 0 Å². The molecule has 0 fully saturated rings. The maximum atomic E-state index is 13.5. The van der Waals surface area contributed by atoms with Crippen molar-refractivity contribution >= 4 is 11.9 Å². The summed E-state index contributed by atoms with van der Waals surface area (Å²) in [5, 5.41) is 2.51. The molecule has 0 saturated heterocycles. The molecule has 1 aliphatic rings. The monoisotopic (exact) mass is 419 g/mol. The lowest BCUT2D eigenvalue weighted by molar-refractivity contribution is -0.142. The number of ether oxygens (including phenoxy) is 2. The predicted octanol–water partition coefficient (Wildman–Crippen LogP) is 4.21. The Kier molecular flexibility index (Phi) is 6.44. The van der Waals surface area contributed by atoms with Gasteiger partial charge in [0.25, 0.3) is 0 Å². The van der Waals surface area contributed by atoms with Crippen LogP contribution in [0, 0.1) is 0 Å². The zero-order chi connectivity index (χ0) is 21.7. The molecule has 0 bridgehead atoms. The van der Waals surface area contributed by atoms with Crippen LogP contribution in [0.4, 0.5) is 13.2 Å². The van der Waals surface area contributed by atoms with Gasteiger partial charge in [-0.05, 0) is 30.7 Å². The Morgan fingerprint density at radius 3 is 2.43 bits per heavy atom. The summed E-state index contributed by atoms with van der Waals surface area (Å²) in [7, 11) is 0. The normalized spacial score (nSPS) is 16.8. The predicted molar refractivity (Wildman–Crippen MR) is 103 cm³/mol. The number of esters is 1. The maximum Gasteiger partial charge on any atom is 0.416 e. The van der Waals surface area contributed by atoms with Crippen LogP contribution in [0.2, 0.25) is 0 Å². The fourth-order valence-corrected chi connectivity index (χ4v) is 3.38. The number of benzene rings is 2. The van der Waals surface area contributed by atoms with Gasteiger partial charge in [0.1, 0.15) is 19.0 Å². The topological polar surface area (TPSA) is 64.6 Å². The van der Waals surface area contributed by atoms with Crippen LogP contribution >= 0.6 is 0 Å². The molecule has 2 aromatic rings. The Morgan fingerprint density at radius 1 is 1.07 bits per heavy atom. The Bertz CT molecular complexity index is 954. The van der Waals surface area contributed by atoms with E-state index in [1.165, 1.54) is 25.1 Å². The van der Waals surface area contributed by atoms with E-state index in [-0.39, 0.29) is 36.5 Å². The van der Waals surface area contributed by atoms with Crippen LogP contribution in [0.15, 0.2) is 65.9 Å². The van der Waals surface area contributed by atoms with Gasteiger partial charge in [0.15, 0.2) is 0 Å². The second-order valence-electron chi connectivity index (χ2n) is 6.73. The Morgan fingerprint density at radius 2 is 1.73 bits per heavy atom. The number of nitrogens with one attached hydrogen (secondary N) is 1. The minimum absolute atomic E-state index is 0.00557. The van der Waals surface area contributed by atoms with Crippen molar-refractivity contribution in [1.82, 2.24) is 5.32 Å². The van der Waals surface area contributed by atoms with Crippen molar-refractivity contribution in [3.05, 3.63) is 77.0 Å². The fraction of sp³-hybridized carbons (Fsp3) is 0.273. The SMILES string of the molecule is CC1=C(C(=O)OCCOc2ccccc2)[C@H](c2ccccc2C(F)(F)F)CC(=O)N1. The molecule has 1 aliphatic heterocycles. The van der Waals surface area contributed by atoms with Crippen LogP contribution < -0.4 is 10.1 Å². The van der Waals surface area contributed by atoms with Gasteiger partial charge in [0.05, 0.1) is 11.1 Å². The summed E-state index contributed by atoms with van der Waals surface area (Å²) in [5.41, 5.74) is -0.824. The van der Waals surface area contributed by atoms with E-state index in [2.05, 4.69) is 5.32 Å². The zero-order valence-electron chi connectivity index (χ0n) is 16.2. The third-order valence-electron chi connectivity index (χ3n) is 4.66. The van der Waals surface area contributed by atoms with Crippen LogP contribution in [-0.4, -0.2) is 25.1 Å². The molecule has 0 spiro atoms. The first-order valence-corrected chi connectivity index (χ1v) is 9.29. The molecular formula is C22H20F3NO4. The lowest BCUT2D eigenvalue weighted by Gasteiger charge is -2.28. The molecule has 0 saturated carbocycles. The molecule has 1 atom stereocenters. The van der Waals surface area contributed by atoms with Crippen LogP contribution in [0.3, 0.4) is 0 Å². The summed E-state index contributed by atoms with van der Waals surface area (Å²) in [4.78, 5) is 24.7. The number of carbonyl (C=O) groups excluding carboxylic acids is 2. The smallest absolute Gasteiger partial charge is 0.416 e. The quantitative estimate of drug-likeness (QED) is 0.563. The average Bonchev–Trinajstić information content (AvgIpc) is 2.70. The Hall–Kier alpha value is -3.29. The highest BCUT2D eigenvalue weighted by atomic mass is 19.4. The molecule has 1 N–H and O–H groups in total. The molecule has 0 aliphatic carbocycles. The molecule has 5 nitrogen and oxygen atoms in total. The first-order chi connectivity index (χ1) is 14.3. The fourth-order valence-electron chi connectivity index (χ4n) is 3.38. The van der Waals surface area contributed by atoms with Gasteiger partial charge in [0, 0.05) is 18.0 Å². The van der Waals surface area contributed by atoms with E-state index in [0.717, 1.165) is 6.07 Å². The van der Waals surface area contributed by atoms with Gasteiger partial charge < -0.3 is 14.8 Å². The standard InChI is InChI=1S/C22H20F3NO4/c1-14-20(21(28)30-12-11-29-15-7-3-2-4-8-15)17(13-19(27)26-14)16-9-5-6-10-18(16)22(23,24)25/h2-10,17H,11-13H2,1H3,(H,26,27)/t17-/m0/s1. The molecular weight excluding hydrogens is 399 g/mol. The number of para-hydroxylation sites is 1. The van der Waals surface area contributed by atoms with E-state index >= 15 is 0 Å². The summed E-state index contributed by atoms with van der Waals surface area (Å²) in [5.74, 6) is -1.70. The number of hydrogen-bond donors (Lipinski definition) is 1. The minimum atomic E-state index is -4.61. The molecule has 158 valence electrons. The summed E-state index contributed by atoms with van der Waals surface area (Å²) in [6.07, 6.45) is -4.90. The van der Waals surface area contributed by atoms with Crippen molar-refractivity contribution in [2.45, 2.75) is 25.4 Å². The second-order valence-corrected chi connectivity index (χ2v) is 6.73. The first kappa shape index (κ1) is 21.4. The van der Waals surface area contributed by atoms with Gasteiger partial charge in [-0.15, -0.1) is 0 Å². The lowest BCUT2D eigenvalue weighted by Crippen LogP contribution is -2.35. The first-order valence-electron chi connectivity index (χ1n) is 9.29. The highest BCUT2D eigenvalue weighted by Crippen LogP contribution is 2.41.